The molecule has 0 amide bonds. The summed E-state index contributed by atoms with van der Waals surface area (Å²) in [5.74, 6) is 0.400. The number of nitrogens with zero attached hydrogens (tertiary/aromatic N) is 2. The highest BCUT2D eigenvalue weighted by Gasteiger charge is 2.16. The quantitative estimate of drug-likeness (QED) is 0.681. The van der Waals surface area contributed by atoms with Gasteiger partial charge in [-0.05, 0) is 6.92 Å². The fraction of sp³-hybridized carbons (Fsp3) is 0.500. The molecule has 0 saturated carbocycles. The van der Waals surface area contributed by atoms with Gasteiger partial charge in [-0.1, -0.05) is 0 Å². The standard InChI is InChI=1S/C8H12F2N4O/c1-4-2-13-8(11)14-7(4)12-3-5(15)6(9)10/h2,5-6,15H,3H2,1H3,(H3,11,12,13,14). The van der Waals surface area contributed by atoms with E-state index in [0.29, 0.717) is 11.4 Å². The fourth-order valence-electron chi connectivity index (χ4n) is 0.925. The topological polar surface area (TPSA) is 84.1 Å². The molecule has 84 valence electrons. The van der Waals surface area contributed by atoms with Crippen LogP contribution in [0.25, 0.3) is 0 Å². The van der Waals surface area contributed by atoms with Gasteiger partial charge in [0.2, 0.25) is 5.95 Å². The van der Waals surface area contributed by atoms with Gasteiger partial charge < -0.3 is 16.2 Å². The molecule has 0 bridgehead atoms. The summed E-state index contributed by atoms with van der Waals surface area (Å²) in [5.41, 5.74) is 5.99. The third kappa shape index (κ3) is 3.28. The molecule has 1 atom stereocenters. The number of nitrogens with two attached hydrogens (primary N) is 1. The van der Waals surface area contributed by atoms with Crippen LogP contribution >= 0.6 is 0 Å². The number of hydrogen-bond acceptors (Lipinski definition) is 5. The maximum Gasteiger partial charge on any atom is 0.265 e. The van der Waals surface area contributed by atoms with Gasteiger partial charge in [0, 0.05) is 18.3 Å². The van der Waals surface area contributed by atoms with Gasteiger partial charge in [0.05, 0.1) is 0 Å². The third-order valence-electron chi connectivity index (χ3n) is 1.76. The number of hydrogen-bond donors (Lipinski definition) is 3. The molecule has 0 spiro atoms. The van der Waals surface area contributed by atoms with Crippen LogP contribution in [0, 0.1) is 6.92 Å². The molecule has 0 radical (unpaired) electrons. The van der Waals surface area contributed by atoms with Crippen molar-refractivity contribution in [1.29, 1.82) is 0 Å². The molecule has 7 heteroatoms. The summed E-state index contributed by atoms with van der Waals surface area (Å²) in [6.45, 7) is 1.42. The number of aliphatic hydroxyl groups excluding tert-OH is 1. The van der Waals surface area contributed by atoms with Crippen LogP contribution in [0.2, 0.25) is 0 Å². The van der Waals surface area contributed by atoms with Crippen LogP contribution in [0.15, 0.2) is 6.20 Å². The van der Waals surface area contributed by atoms with E-state index in [1.807, 2.05) is 0 Å². The lowest BCUT2D eigenvalue weighted by atomic mass is 10.3. The largest absolute Gasteiger partial charge is 0.385 e. The number of anilines is 2. The average molecular weight is 218 g/mol. The zero-order chi connectivity index (χ0) is 11.4. The van der Waals surface area contributed by atoms with Gasteiger partial charge in [-0.15, -0.1) is 0 Å². The average Bonchev–Trinajstić information content (AvgIpc) is 2.18. The van der Waals surface area contributed by atoms with Crippen molar-refractivity contribution < 1.29 is 13.9 Å². The van der Waals surface area contributed by atoms with E-state index in [4.69, 9.17) is 10.8 Å². The number of halogens is 2. The molecule has 4 N–H and O–H groups in total. The molecule has 1 unspecified atom stereocenters. The summed E-state index contributed by atoms with van der Waals surface area (Å²) in [4.78, 5) is 7.52. The van der Waals surface area contributed by atoms with E-state index in [9.17, 15) is 8.78 Å². The SMILES string of the molecule is Cc1cnc(N)nc1NCC(O)C(F)F. The minimum absolute atomic E-state index is 0.0506. The lowest BCUT2D eigenvalue weighted by molar-refractivity contribution is 0.00380. The third-order valence-corrected chi connectivity index (χ3v) is 1.76. The van der Waals surface area contributed by atoms with Gasteiger partial charge in [-0.3, -0.25) is 0 Å². The second-order valence-electron chi connectivity index (χ2n) is 3.04. The van der Waals surface area contributed by atoms with E-state index < -0.39 is 12.5 Å². The first-order valence-corrected chi connectivity index (χ1v) is 4.30. The van der Waals surface area contributed by atoms with E-state index in [0.717, 1.165) is 0 Å². The molecular weight excluding hydrogens is 206 g/mol. The van der Waals surface area contributed by atoms with E-state index in [-0.39, 0.29) is 12.5 Å². The minimum Gasteiger partial charge on any atom is -0.385 e. The summed E-state index contributed by atoms with van der Waals surface area (Å²) in [5, 5.41) is 11.4. The Morgan fingerprint density at radius 2 is 2.27 bits per heavy atom. The molecule has 0 saturated heterocycles. The minimum atomic E-state index is -2.78. The van der Waals surface area contributed by atoms with Gasteiger partial charge in [0.25, 0.3) is 6.43 Å². The highest BCUT2D eigenvalue weighted by molar-refractivity contribution is 5.45. The van der Waals surface area contributed by atoms with Crippen molar-refractivity contribution >= 4 is 11.8 Å². The van der Waals surface area contributed by atoms with Crippen molar-refractivity contribution in [3.05, 3.63) is 11.8 Å². The monoisotopic (exact) mass is 218 g/mol. The summed E-state index contributed by atoms with van der Waals surface area (Å²) in [7, 11) is 0. The van der Waals surface area contributed by atoms with Gasteiger partial charge in [0.1, 0.15) is 11.9 Å². The van der Waals surface area contributed by atoms with Crippen LogP contribution in [0.4, 0.5) is 20.5 Å². The first-order chi connectivity index (χ1) is 7.00. The molecule has 1 heterocycles. The van der Waals surface area contributed by atoms with E-state index in [1.165, 1.54) is 6.20 Å². The highest BCUT2D eigenvalue weighted by Crippen LogP contribution is 2.11. The van der Waals surface area contributed by atoms with E-state index >= 15 is 0 Å². The molecule has 1 aromatic heterocycles. The Labute approximate surface area is 85.3 Å². The number of alkyl halides is 2. The Morgan fingerprint density at radius 1 is 1.60 bits per heavy atom. The number of rotatable bonds is 4. The Bertz CT molecular complexity index is 334. The fourth-order valence-corrected chi connectivity index (χ4v) is 0.925. The second-order valence-corrected chi connectivity index (χ2v) is 3.04. The summed E-state index contributed by atoms with van der Waals surface area (Å²) in [6, 6.07) is 0. The predicted octanol–water partition coefficient (Wildman–Crippen LogP) is 0.405. The van der Waals surface area contributed by atoms with Gasteiger partial charge in [0.15, 0.2) is 0 Å². The molecule has 0 aliphatic rings. The Hall–Kier alpha value is -1.50. The smallest absolute Gasteiger partial charge is 0.265 e. The zero-order valence-corrected chi connectivity index (χ0v) is 8.11. The first-order valence-electron chi connectivity index (χ1n) is 4.30. The van der Waals surface area contributed by atoms with Crippen molar-refractivity contribution in [2.75, 3.05) is 17.6 Å². The molecule has 0 aliphatic carbocycles. The molecular formula is C8H12F2N4O. The van der Waals surface area contributed by atoms with Crippen LogP contribution in [0.5, 0.6) is 0 Å². The highest BCUT2D eigenvalue weighted by atomic mass is 19.3. The van der Waals surface area contributed by atoms with Crippen molar-refractivity contribution in [1.82, 2.24) is 9.97 Å². The van der Waals surface area contributed by atoms with Crippen molar-refractivity contribution in [3.63, 3.8) is 0 Å². The van der Waals surface area contributed by atoms with Gasteiger partial charge in [-0.25, -0.2) is 13.8 Å². The molecule has 5 nitrogen and oxygen atoms in total. The number of nitrogens with one attached hydrogen (secondary N) is 1. The number of nitrogen functional groups attached to an aromatic ring is 1. The van der Waals surface area contributed by atoms with Gasteiger partial charge >= 0.3 is 0 Å². The van der Waals surface area contributed by atoms with Crippen LogP contribution in [0.3, 0.4) is 0 Å². The molecule has 1 rings (SSSR count). The van der Waals surface area contributed by atoms with Gasteiger partial charge in [-0.2, -0.15) is 4.98 Å². The summed E-state index contributed by atoms with van der Waals surface area (Å²) < 4.78 is 23.9. The Morgan fingerprint density at radius 3 is 2.87 bits per heavy atom. The lowest BCUT2D eigenvalue weighted by Gasteiger charge is -2.12. The lowest BCUT2D eigenvalue weighted by Crippen LogP contribution is -2.27. The first kappa shape index (κ1) is 11.6. The van der Waals surface area contributed by atoms with Crippen LogP contribution in [-0.2, 0) is 0 Å². The molecule has 1 aromatic rings. The van der Waals surface area contributed by atoms with Crippen LogP contribution in [-0.4, -0.2) is 34.1 Å². The molecule has 0 fully saturated rings. The van der Waals surface area contributed by atoms with E-state index in [1.54, 1.807) is 6.92 Å². The Kier molecular flexibility index (Phi) is 3.73. The molecule has 0 aromatic carbocycles. The van der Waals surface area contributed by atoms with Crippen molar-refractivity contribution in [3.8, 4) is 0 Å². The predicted molar refractivity (Wildman–Crippen MR) is 51.7 cm³/mol. The van der Waals surface area contributed by atoms with Crippen LogP contribution in [0.1, 0.15) is 5.56 Å². The molecule has 15 heavy (non-hydrogen) atoms. The second kappa shape index (κ2) is 4.83. The Balaban J connectivity index is 2.61. The maximum atomic E-state index is 12.0. The van der Waals surface area contributed by atoms with Crippen molar-refractivity contribution in [2.45, 2.75) is 19.5 Å². The zero-order valence-electron chi connectivity index (χ0n) is 8.11. The molecule has 0 aliphatic heterocycles. The number of aromatic nitrogens is 2. The maximum absolute atomic E-state index is 12.0. The number of aryl methyl sites for hydroxylation is 1. The van der Waals surface area contributed by atoms with Crippen LogP contribution < -0.4 is 11.1 Å². The van der Waals surface area contributed by atoms with Crippen molar-refractivity contribution in [2.24, 2.45) is 0 Å². The number of aliphatic hydroxyl groups is 1. The van der Waals surface area contributed by atoms with E-state index in [2.05, 4.69) is 15.3 Å². The summed E-state index contributed by atoms with van der Waals surface area (Å²) in [6.07, 6.45) is -3.03. The normalized spacial score (nSPS) is 12.9. The summed E-state index contributed by atoms with van der Waals surface area (Å²) >= 11 is 0.